The van der Waals surface area contributed by atoms with Crippen molar-refractivity contribution in [2.75, 3.05) is 32.6 Å². The fraction of sp³-hybridized carbons (Fsp3) is 0.286. The highest BCUT2D eigenvalue weighted by molar-refractivity contribution is 5.88. The summed E-state index contributed by atoms with van der Waals surface area (Å²) in [4.78, 5) is 24.4. The molecule has 0 radical (unpaired) electrons. The van der Waals surface area contributed by atoms with Gasteiger partial charge in [0.05, 0.1) is 0 Å². The molecule has 6 nitrogen and oxygen atoms in total. The van der Waals surface area contributed by atoms with Gasteiger partial charge in [-0.2, -0.15) is 0 Å². The number of nitrogens with zero attached hydrogens (tertiary/aromatic N) is 4. The first-order chi connectivity index (χ1) is 13.0. The van der Waals surface area contributed by atoms with Crippen LogP contribution in [0.25, 0.3) is 21.9 Å². The van der Waals surface area contributed by atoms with Crippen LogP contribution in [-0.2, 0) is 4.79 Å². The number of rotatable bonds is 4. The fourth-order valence-electron chi connectivity index (χ4n) is 3.24. The molecule has 1 aliphatic rings. The standard InChI is InChI=1S/C21H22N4O2/c1-24(2)21-22-12-17(13-23-21)15-5-4-14-6-7-18(11-16(14)10-15)27-19-8-9-25(3)20(19)26/h4-7,10-13,19H,8-9H2,1-3H3. The van der Waals surface area contributed by atoms with Gasteiger partial charge in [-0.1, -0.05) is 18.2 Å². The van der Waals surface area contributed by atoms with E-state index in [1.165, 1.54) is 0 Å². The van der Waals surface area contributed by atoms with Crippen LogP contribution in [0.5, 0.6) is 5.75 Å². The lowest BCUT2D eigenvalue weighted by Gasteiger charge is -2.14. The van der Waals surface area contributed by atoms with Crippen molar-refractivity contribution in [1.29, 1.82) is 0 Å². The SMILES string of the molecule is CN1CCC(Oc2ccc3ccc(-c4cnc(N(C)C)nc4)cc3c2)C1=O. The molecule has 0 bridgehead atoms. The molecule has 1 amide bonds. The van der Waals surface area contributed by atoms with Gasteiger partial charge in [-0.3, -0.25) is 4.79 Å². The zero-order chi connectivity index (χ0) is 19.0. The third kappa shape index (κ3) is 3.43. The molecule has 0 N–H and O–H groups in total. The normalized spacial score (nSPS) is 16.8. The Morgan fingerprint density at radius 2 is 1.78 bits per heavy atom. The minimum atomic E-state index is -0.386. The number of carbonyl (C=O) groups excluding carboxylic acids is 1. The first-order valence-corrected chi connectivity index (χ1v) is 8.96. The van der Waals surface area contributed by atoms with E-state index in [2.05, 4.69) is 28.2 Å². The molecule has 0 spiro atoms. The second-order valence-electron chi connectivity index (χ2n) is 7.04. The molecule has 1 saturated heterocycles. The summed E-state index contributed by atoms with van der Waals surface area (Å²) >= 11 is 0. The predicted octanol–water partition coefficient (Wildman–Crippen LogP) is 2.97. The van der Waals surface area contributed by atoms with Crippen LogP contribution in [-0.4, -0.2) is 54.6 Å². The Morgan fingerprint density at radius 3 is 2.44 bits per heavy atom. The molecule has 4 rings (SSSR count). The van der Waals surface area contributed by atoms with Crippen LogP contribution >= 0.6 is 0 Å². The highest BCUT2D eigenvalue weighted by Crippen LogP contribution is 2.28. The molecule has 1 fully saturated rings. The maximum Gasteiger partial charge on any atom is 0.263 e. The molecular formula is C21H22N4O2. The lowest BCUT2D eigenvalue weighted by molar-refractivity contribution is -0.132. The number of likely N-dealkylation sites (N-methyl/N-ethyl adjacent to an activating group) is 1. The van der Waals surface area contributed by atoms with Crippen LogP contribution in [0.2, 0.25) is 0 Å². The number of carbonyl (C=O) groups is 1. The van der Waals surface area contributed by atoms with Crippen molar-refractivity contribution < 1.29 is 9.53 Å². The Kier molecular flexibility index (Phi) is 4.39. The van der Waals surface area contributed by atoms with Crippen molar-refractivity contribution in [1.82, 2.24) is 14.9 Å². The van der Waals surface area contributed by atoms with Crippen LogP contribution < -0.4 is 9.64 Å². The maximum atomic E-state index is 12.1. The van der Waals surface area contributed by atoms with Gasteiger partial charge >= 0.3 is 0 Å². The van der Waals surface area contributed by atoms with E-state index in [0.717, 1.165) is 34.9 Å². The molecule has 0 aliphatic carbocycles. The van der Waals surface area contributed by atoms with Crippen molar-refractivity contribution >= 4 is 22.6 Å². The van der Waals surface area contributed by atoms with E-state index >= 15 is 0 Å². The highest BCUT2D eigenvalue weighted by Gasteiger charge is 2.30. The van der Waals surface area contributed by atoms with E-state index in [9.17, 15) is 4.79 Å². The zero-order valence-electron chi connectivity index (χ0n) is 15.7. The monoisotopic (exact) mass is 362 g/mol. The van der Waals surface area contributed by atoms with Crippen LogP contribution in [0.4, 0.5) is 5.95 Å². The molecule has 1 atom stereocenters. The molecule has 3 aromatic rings. The van der Waals surface area contributed by atoms with Crippen LogP contribution in [0.15, 0.2) is 48.8 Å². The van der Waals surface area contributed by atoms with Crippen molar-refractivity contribution in [3.05, 3.63) is 48.8 Å². The van der Waals surface area contributed by atoms with E-state index in [0.29, 0.717) is 11.7 Å². The topological polar surface area (TPSA) is 58.6 Å². The maximum absolute atomic E-state index is 12.1. The molecule has 0 saturated carbocycles. The zero-order valence-corrected chi connectivity index (χ0v) is 15.7. The van der Waals surface area contributed by atoms with Gasteiger partial charge in [0.25, 0.3) is 5.91 Å². The quantitative estimate of drug-likeness (QED) is 0.714. The van der Waals surface area contributed by atoms with Crippen molar-refractivity contribution in [2.45, 2.75) is 12.5 Å². The second kappa shape index (κ2) is 6.87. The summed E-state index contributed by atoms with van der Waals surface area (Å²) in [6.07, 6.45) is 4.00. The number of hydrogen-bond acceptors (Lipinski definition) is 5. The van der Waals surface area contributed by atoms with Gasteiger partial charge in [-0.15, -0.1) is 0 Å². The van der Waals surface area contributed by atoms with Crippen molar-refractivity contribution in [3.63, 3.8) is 0 Å². The number of fused-ring (bicyclic) bond motifs is 1. The Balaban J connectivity index is 1.62. The molecule has 138 valence electrons. The number of aromatic nitrogens is 2. The summed E-state index contributed by atoms with van der Waals surface area (Å²) in [5.74, 6) is 1.44. The number of likely N-dealkylation sites (tertiary alicyclic amines) is 1. The van der Waals surface area contributed by atoms with Gasteiger partial charge in [-0.05, 0) is 34.5 Å². The summed E-state index contributed by atoms with van der Waals surface area (Å²) in [6.45, 7) is 0.740. The van der Waals surface area contributed by atoms with Crippen LogP contribution in [0.1, 0.15) is 6.42 Å². The van der Waals surface area contributed by atoms with Crippen molar-refractivity contribution in [2.24, 2.45) is 0 Å². The van der Waals surface area contributed by atoms with Crippen LogP contribution in [0, 0.1) is 0 Å². The summed E-state index contributed by atoms with van der Waals surface area (Å²) in [7, 11) is 5.64. The molecule has 1 aromatic heterocycles. The average molecular weight is 362 g/mol. The summed E-state index contributed by atoms with van der Waals surface area (Å²) in [5.41, 5.74) is 2.00. The Labute approximate surface area is 158 Å². The molecule has 2 aromatic carbocycles. The molecular weight excluding hydrogens is 340 g/mol. The summed E-state index contributed by atoms with van der Waals surface area (Å²) < 4.78 is 5.93. The third-order valence-electron chi connectivity index (χ3n) is 4.84. The highest BCUT2D eigenvalue weighted by atomic mass is 16.5. The lowest BCUT2D eigenvalue weighted by atomic mass is 10.0. The first kappa shape index (κ1) is 17.3. The number of anilines is 1. The third-order valence-corrected chi connectivity index (χ3v) is 4.84. The van der Waals surface area contributed by atoms with Crippen LogP contribution in [0.3, 0.4) is 0 Å². The summed E-state index contributed by atoms with van der Waals surface area (Å²) in [5, 5.41) is 2.17. The smallest absolute Gasteiger partial charge is 0.263 e. The minimum absolute atomic E-state index is 0.0435. The van der Waals surface area contributed by atoms with Gasteiger partial charge in [0.15, 0.2) is 6.10 Å². The Bertz CT molecular complexity index is 985. The Hall–Kier alpha value is -3.15. The molecule has 1 aliphatic heterocycles. The predicted molar refractivity (Wildman–Crippen MR) is 106 cm³/mol. The van der Waals surface area contributed by atoms with E-state index < -0.39 is 0 Å². The minimum Gasteiger partial charge on any atom is -0.481 e. The fourth-order valence-corrected chi connectivity index (χ4v) is 3.24. The molecule has 6 heteroatoms. The molecule has 2 heterocycles. The van der Waals surface area contributed by atoms with E-state index in [1.807, 2.05) is 56.6 Å². The van der Waals surface area contributed by atoms with Gasteiger partial charge < -0.3 is 14.5 Å². The lowest BCUT2D eigenvalue weighted by Crippen LogP contribution is -2.29. The molecule has 1 unspecified atom stereocenters. The van der Waals surface area contributed by atoms with E-state index in [-0.39, 0.29) is 12.0 Å². The average Bonchev–Trinajstić information content (AvgIpc) is 2.99. The summed E-state index contributed by atoms with van der Waals surface area (Å²) in [6, 6.07) is 12.2. The van der Waals surface area contributed by atoms with E-state index in [4.69, 9.17) is 4.74 Å². The first-order valence-electron chi connectivity index (χ1n) is 8.96. The van der Waals surface area contributed by atoms with Gasteiger partial charge in [-0.25, -0.2) is 9.97 Å². The molecule has 27 heavy (non-hydrogen) atoms. The van der Waals surface area contributed by atoms with Gasteiger partial charge in [0, 0.05) is 52.1 Å². The largest absolute Gasteiger partial charge is 0.481 e. The number of ether oxygens (including phenoxy) is 1. The van der Waals surface area contributed by atoms with Crippen molar-refractivity contribution in [3.8, 4) is 16.9 Å². The second-order valence-corrected chi connectivity index (χ2v) is 7.04. The van der Waals surface area contributed by atoms with Gasteiger partial charge in [0.1, 0.15) is 5.75 Å². The Morgan fingerprint density at radius 1 is 1.04 bits per heavy atom. The number of amides is 1. The van der Waals surface area contributed by atoms with Gasteiger partial charge in [0.2, 0.25) is 5.95 Å². The van der Waals surface area contributed by atoms with E-state index in [1.54, 1.807) is 4.90 Å². The number of benzene rings is 2. The number of hydrogen-bond donors (Lipinski definition) is 0.